The quantitative estimate of drug-likeness (QED) is 0.688. The lowest BCUT2D eigenvalue weighted by atomic mass is 9.92. The van der Waals surface area contributed by atoms with Crippen LogP contribution in [0.1, 0.15) is 20.3 Å². The van der Waals surface area contributed by atoms with Crippen LogP contribution >= 0.6 is 0 Å². The summed E-state index contributed by atoms with van der Waals surface area (Å²) in [5, 5.41) is 8.44. The maximum Gasteiger partial charge on any atom is 0.394 e. The molecule has 0 aliphatic carbocycles. The number of aliphatic hydroxyl groups is 1. The van der Waals surface area contributed by atoms with Crippen LogP contribution in [-0.4, -0.2) is 17.9 Å². The zero-order valence-electron chi connectivity index (χ0n) is 6.65. The van der Waals surface area contributed by atoms with Crippen LogP contribution in [0.25, 0.3) is 0 Å². The number of hydrogen-bond acceptors (Lipinski definition) is 1. The van der Waals surface area contributed by atoms with Gasteiger partial charge in [-0.15, -0.1) is 0 Å². The van der Waals surface area contributed by atoms with Gasteiger partial charge in [0, 0.05) is 0 Å². The summed E-state index contributed by atoms with van der Waals surface area (Å²) in [5.41, 5.74) is 0. The van der Waals surface area contributed by atoms with Crippen molar-refractivity contribution >= 4 is 0 Å². The van der Waals surface area contributed by atoms with E-state index in [1.807, 2.05) is 0 Å². The molecule has 0 bridgehead atoms. The molecule has 0 saturated heterocycles. The lowest BCUT2D eigenvalue weighted by molar-refractivity contribution is -0.197. The number of rotatable bonds is 3. The maximum atomic E-state index is 12.0. The highest BCUT2D eigenvalue weighted by Crippen LogP contribution is 2.32. The van der Waals surface area contributed by atoms with Crippen molar-refractivity contribution in [3.8, 4) is 0 Å². The summed E-state index contributed by atoms with van der Waals surface area (Å²) in [4.78, 5) is 0. The molecule has 2 atom stereocenters. The standard InChI is InChI=1S/C7H13F3O/c1-3-5(2)6(4-11)7(8,9)10/h5-6,11H,3-4H2,1-2H3/t5?,6-/m0/s1. The van der Waals surface area contributed by atoms with Crippen LogP contribution in [0, 0.1) is 11.8 Å². The summed E-state index contributed by atoms with van der Waals surface area (Å²) in [6.07, 6.45) is -3.82. The minimum absolute atomic E-state index is 0.435. The fourth-order valence-corrected chi connectivity index (χ4v) is 0.891. The molecule has 68 valence electrons. The van der Waals surface area contributed by atoms with Gasteiger partial charge >= 0.3 is 6.18 Å². The Morgan fingerprint density at radius 2 is 1.82 bits per heavy atom. The van der Waals surface area contributed by atoms with Gasteiger partial charge in [-0.25, -0.2) is 0 Å². The molecule has 0 spiro atoms. The summed E-state index contributed by atoms with van der Waals surface area (Å²) in [7, 11) is 0. The smallest absolute Gasteiger partial charge is 0.394 e. The normalized spacial score (nSPS) is 18.0. The summed E-state index contributed by atoms with van der Waals surface area (Å²) < 4.78 is 36.0. The Morgan fingerprint density at radius 1 is 1.36 bits per heavy atom. The van der Waals surface area contributed by atoms with Crippen molar-refractivity contribution in [3.05, 3.63) is 0 Å². The van der Waals surface area contributed by atoms with E-state index < -0.39 is 24.6 Å². The molecule has 0 rings (SSSR count). The molecule has 0 amide bonds. The fraction of sp³-hybridized carbons (Fsp3) is 1.00. The molecule has 0 radical (unpaired) electrons. The highest BCUT2D eigenvalue weighted by atomic mass is 19.4. The van der Waals surface area contributed by atoms with Crippen molar-refractivity contribution in [1.82, 2.24) is 0 Å². The van der Waals surface area contributed by atoms with Crippen molar-refractivity contribution in [2.24, 2.45) is 11.8 Å². The molecule has 11 heavy (non-hydrogen) atoms. The van der Waals surface area contributed by atoms with Gasteiger partial charge < -0.3 is 5.11 Å². The van der Waals surface area contributed by atoms with E-state index in [1.54, 1.807) is 6.92 Å². The van der Waals surface area contributed by atoms with E-state index in [-0.39, 0.29) is 0 Å². The Hall–Kier alpha value is -0.250. The largest absolute Gasteiger partial charge is 0.396 e. The predicted octanol–water partition coefficient (Wildman–Crippen LogP) is 2.20. The summed E-state index contributed by atoms with van der Waals surface area (Å²) in [5.74, 6) is -2.06. The van der Waals surface area contributed by atoms with Gasteiger partial charge in [-0.2, -0.15) is 13.2 Å². The van der Waals surface area contributed by atoms with Gasteiger partial charge in [0.1, 0.15) is 0 Å². The van der Waals surface area contributed by atoms with Gasteiger partial charge in [0.05, 0.1) is 12.5 Å². The number of halogens is 3. The molecule has 0 aromatic rings. The third-order valence-corrected chi connectivity index (χ3v) is 1.95. The molecule has 0 aromatic heterocycles. The fourth-order valence-electron chi connectivity index (χ4n) is 0.891. The molecular weight excluding hydrogens is 157 g/mol. The lowest BCUT2D eigenvalue weighted by Crippen LogP contribution is -2.31. The summed E-state index contributed by atoms with van der Waals surface area (Å²) >= 11 is 0. The molecule has 0 heterocycles. The average molecular weight is 170 g/mol. The molecule has 0 aromatic carbocycles. The van der Waals surface area contributed by atoms with Crippen LogP contribution in [0.3, 0.4) is 0 Å². The molecule has 0 saturated carbocycles. The number of hydrogen-bond donors (Lipinski definition) is 1. The third kappa shape index (κ3) is 3.10. The highest BCUT2D eigenvalue weighted by molar-refractivity contribution is 4.71. The zero-order chi connectivity index (χ0) is 9.07. The topological polar surface area (TPSA) is 20.2 Å². The molecule has 1 nitrogen and oxygen atoms in total. The predicted molar refractivity (Wildman–Crippen MR) is 36.1 cm³/mol. The molecular formula is C7H13F3O. The van der Waals surface area contributed by atoms with E-state index in [0.29, 0.717) is 6.42 Å². The number of aliphatic hydroxyl groups excluding tert-OH is 1. The second-order valence-corrected chi connectivity index (χ2v) is 2.72. The van der Waals surface area contributed by atoms with Gasteiger partial charge in [-0.1, -0.05) is 20.3 Å². The van der Waals surface area contributed by atoms with Gasteiger partial charge in [-0.05, 0) is 5.92 Å². The monoisotopic (exact) mass is 170 g/mol. The van der Waals surface area contributed by atoms with Crippen LogP contribution in [0.15, 0.2) is 0 Å². The molecule has 1 unspecified atom stereocenters. The van der Waals surface area contributed by atoms with Crippen molar-refractivity contribution in [3.63, 3.8) is 0 Å². The van der Waals surface area contributed by atoms with E-state index in [2.05, 4.69) is 0 Å². The molecule has 0 aliphatic heterocycles. The van der Waals surface area contributed by atoms with E-state index >= 15 is 0 Å². The average Bonchev–Trinajstić information content (AvgIpc) is 1.86. The maximum absolute atomic E-state index is 12.0. The van der Waals surface area contributed by atoms with Crippen LogP contribution in [0.5, 0.6) is 0 Å². The first kappa shape index (κ1) is 10.8. The van der Waals surface area contributed by atoms with Crippen molar-refractivity contribution in [2.45, 2.75) is 26.4 Å². The van der Waals surface area contributed by atoms with E-state index in [0.717, 1.165) is 0 Å². The van der Waals surface area contributed by atoms with Crippen LogP contribution in [0.2, 0.25) is 0 Å². The van der Waals surface area contributed by atoms with Crippen LogP contribution in [0.4, 0.5) is 13.2 Å². The Morgan fingerprint density at radius 3 is 1.91 bits per heavy atom. The molecule has 1 N–H and O–H groups in total. The Bertz CT molecular complexity index is 111. The van der Waals surface area contributed by atoms with Crippen LogP contribution in [-0.2, 0) is 0 Å². The minimum Gasteiger partial charge on any atom is -0.396 e. The van der Waals surface area contributed by atoms with Gasteiger partial charge in [-0.3, -0.25) is 0 Å². The van der Waals surface area contributed by atoms with E-state index in [1.165, 1.54) is 6.92 Å². The summed E-state index contributed by atoms with van der Waals surface area (Å²) in [6, 6.07) is 0. The first-order valence-electron chi connectivity index (χ1n) is 3.61. The first-order valence-corrected chi connectivity index (χ1v) is 3.61. The zero-order valence-corrected chi connectivity index (χ0v) is 6.65. The Balaban J connectivity index is 4.16. The van der Waals surface area contributed by atoms with Gasteiger partial charge in [0.2, 0.25) is 0 Å². The van der Waals surface area contributed by atoms with Gasteiger partial charge in [0.25, 0.3) is 0 Å². The van der Waals surface area contributed by atoms with E-state index in [4.69, 9.17) is 5.11 Å². The highest BCUT2D eigenvalue weighted by Gasteiger charge is 2.41. The third-order valence-electron chi connectivity index (χ3n) is 1.95. The Kier molecular flexibility index (Phi) is 3.86. The van der Waals surface area contributed by atoms with E-state index in [9.17, 15) is 13.2 Å². The SMILES string of the molecule is CCC(C)[C@H](CO)C(F)(F)F. The van der Waals surface area contributed by atoms with Crippen molar-refractivity contribution < 1.29 is 18.3 Å². The second kappa shape index (κ2) is 3.95. The Labute approximate surface area is 64.2 Å². The second-order valence-electron chi connectivity index (χ2n) is 2.72. The molecule has 4 heteroatoms. The first-order chi connectivity index (χ1) is 4.93. The van der Waals surface area contributed by atoms with Crippen molar-refractivity contribution in [1.29, 1.82) is 0 Å². The molecule has 0 aliphatic rings. The molecule has 0 fully saturated rings. The van der Waals surface area contributed by atoms with Gasteiger partial charge in [0.15, 0.2) is 0 Å². The van der Waals surface area contributed by atoms with Crippen molar-refractivity contribution in [2.75, 3.05) is 6.61 Å². The minimum atomic E-state index is -4.26. The van der Waals surface area contributed by atoms with Crippen LogP contribution < -0.4 is 0 Å². The summed E-state index contributed by atoms with van der Waals surface area (Å²) in [6.45, 7) is 2.37. The lowest BCUT2D eigenvalue weighted by Gasteiger charge is -2.23. The number of alkyl halides is 3.